The van der Waals surface area contributed by atoms with Crippen molar-refractivity contribution < 1.29 is 9.59 Å². The van der Waals surface area contributed by atoms with Gasteiger partial charge in [0.05, 0.1) is 0 Å². The van der Waals surface area contributed by atoms with Gasteiger partial charge in [0.15, 0.2) is 0 Å². The summed E-state index contributed by atoms with van der Waals surface area (Å²) in [5.74, 6) is -0.0903. The molecule has 0 aliphatic carbocycles. The Bertz CT molecular complexity index is 1040. The molecule has 2 amide bonds. The van der Waals surface area contributed by atoms with E-state index < -0.39 is 6.04 Å². The smallest absolute Gasteiger partial charge is 0.243 e. The summed E-state index contributed by atoms with van der Waals surface area (Å²) in [5.41, 5.74) is 4.27. The number of halogens is 1. The molecule has 1 N–H and O–H groups in total. The van der Waals surface area contributed by atoms with Crippen LogP contribution in [0.25, 0.3) is 11.1 Å². The summed E-state index contributed by atoms with van der Waals surface area (Å²) in [6.07, 6.45) is 5.02. The number of pyridine rings is 1. The van der Waals surface area contributed by atoms with Gasteiger partial charge in [-0.3, -0.25) is 14.6 Å². The molecule has 1 saturated heterocycles. The molecule has 0 bridgehead atoms. The van der Waals surface area contributed by atoms with Gasteiger partial charge in [0.1, 0.15) is 6.04 Å². The van der Waals surface area contributed by atoms with E-state index in [2.05, 4.69) is 10.3 Å². The van der Waals surface area contributed by atoms with Crippen LogP contribution < -0.4 is 5.32 Å². The molecular formula is C25H24ClN3O2. The van der Waals surface area contributed by atoms with E-state index in [0.29, 0.717) is 37.4 Å². The first kappa shape index (κ1) is 21.1. The summed E-state index contributed by atoms with van der Waals surface area (Å²) in [4.78, 5) is 31.3. The van der Waals surface area contributed by atoms with E-state index in [4.69, 9.17) is 11.6 Å². The summed E-state index contributed by atoms with van der Waals surface area (Å²) in [7, 11) is 0. The Kier molecular flexibility index (Phi) is 6.63. The number of aryl methyl sites for hydroxylation is 1. The third-order valence-electron chi connectivity index (χ3n) is 5.59. The molecule has 4 rings (SSSR count). The van der Waals surface area contributed by atoms with Crippen LogP contribution in [0.15, 0.2) is 73.1 Å². The van der Waals surface area contributed by atoms with Crippen LogP contribution >= 0.6 is 11.6 Å². The molecule has 3 aromatic rings. The molecule has 1 fully saturated rings. The number of amides is 2. The third kappa shape index (κ3) is 5.30. The molecule has 2 heterocycles. The van der Waals surface area contributed by atoms with E-state index in [1.165, 1.54) is 0 Å². The Morgan fingerprint density at radius 1 is 0.968 bits per heavy atom. The first-order valence-corrected chi connectivity index (χ1v) is 10.8. The molecule has 158 valence electrons. The van der Waals surface area contributed by atoms with Crippen LogP contribution in [0.2, 0.25) is 5.02 Å². The molecule has 0 unspecified atom stereocenters. The fourth-order valence-electron chi connectivity index (χ4n) is 3.86. The van der Waals surface area contributed by atoms with Gasteiger partial charge in [-0.1, -0.05) is 48.0 Å². The normalized spacial score (nSPS) is 16.1. The number of nitrogens with zero attached hydrogens (tertiary/aromatic N) is 2. The lowest BCUT2D eigenvalue weighted by molar-refractivity contribution is -0.143. The molecule has 0 spiro atoms. The van der Waals surface area contributed by atoms with Crippen LogP contribution in [0.5, 0.6) is 0 Å². The van der Waals surface area contributed by atoms with Crippen molar-refractivity contribution in [3.63, 3.8) is 0 Å². The highest BCUT2D eigenvalue weighted by molar-refractivity contribution is 6.30. The van der Waals surface area contributed by atoms with E-state index >= 15 is 0 Å². The average molecular weight is 434 g/mol. The second-order valence-corrected chi connectivity index (χ2v) is 8.09. The minimum absolute atomic E-state index is 0.00297. The summed E-state index contributed by atoms with van der Waals surface area (Å²) < 4.78 is 0. The Hall–Kier alpha value is -3.18. The van der Waals surface area contributed by atoms with Gasteiger partial charge in [-0.25, -0.2) is 0 Å². The highest BCUT2D eigenvalue weighted by Crippen LogP contribution is 2.21. The number of carbonyl (C=O) groups excluding carboxylic acids is 2. The standard InChI is InChI=1S/C25H24ClN3O2/c26-22-8-3-18(4-9-22)5-10-24(30)29-16-15-28-25(31)23(29)17-19-1-6-20(7-2-19)21-11-13-27-14-12-21/h1-4,6-9,11-14,23H,5,10,15-17H2,(H,28,31)/t23-/m0/s1. The molecule has 0 radical (unpaired) electrons. The summed E-state index contributed by atoms with van der Waals surface area (Å²) in [6.45, 7) is 1.02. The lowest BCUT2D eigenvalue weighted by Gasteiger charge is -2.35. The zero-order valence-electron chi connectivity index (χ0n) is 17.1. The highest BCUT2D eigenvalue weighted by Gasteiger charge is 2.32. The SMILES string of the molecule is O=C1NCCN(C(=O)CCc2ccc(Cl)cc2)[C@H]1Cc1ccc(-c2ccncc2)cc1. The van der Waals surface area contributed by atoms with Crippen molar-refractivity contribution in [1.29, 1.82) is 0 Å². The van der Waals surface area contributed by atoms with Crippen LogP contribution in [-0.4, -0.2) is 40.8 Å². The molecule has 31 heavy (non-hydrogen) atoms. The van der Waals surface area contributed by atoms with Crippen LogP contribution in [0.3, 0.4) is 0 Å². The number of carbonyl (C=O) groups is 2. The van der Waals surface area contributed by atoms with E-state index in [1.54, 1.807) is 17.3 Å². The first-order valence-electron chi connectivity index (χ1n) is 10.4. The molecule has 1 aromatic heterocycles. The number of benzene rings is 2. The lowest BCUT2D eigenvalue weighted by atomic mass is 9.98. The Morgan fingerprint density at radius 3 is 2.32 bits per heavy atom. The molecule has 1 aliphatic heterocycles. The van der Waals surface area contributed by atoms with Crippen molar-refractivity contribution in [2.45, 2.75) is 25.3 Å². The number of piperazine rings is 1. The largest absolute Gasteiger partial charge is 0.353 e. The van der Waals surface area contributed by atoms with Gasteiger partial charge in [0.2, 0.25) is 11.8 Å². The van der Waals surface area contributed by atoms with Gasteiger partial charge in [-0.2, -0.15) is 0 Å². The van der Waals surface area contributed by atoms with Crippen molar-refractivity contribution >= 4 is 23.4 Å². The Labute approximate surface area is 187 Å². The van der Waals surface area contributed by atoms with Gasteiger partial charge in [-0.15, -0.1) is 0 Å². The van der Waals surface area contributed by atoms with Crippen molar-refractivity contribution in [3.05, 3.63) is 89.2 Å². The van der Waals surface area contributed by atoms with Gasteiger partial charge >= 0.3 is 0 Å². The van der Waals surface area contributed by atoms with Gasteiger partial charge in [-0.05, 0) is 52.9 Å². The molecule has 1 atom stereocenters. The number of nitrogens with one attached hydrogen (secondary N) is 1. The van der Waals surface area contributed by atoms with E-state index in [-0.39, 0.29) is 11.8 Å². The highest BCUT2D eigenvalue weighted by atomic mass is 35.5. The minimum atomic E-state index is -0.488. The average Bonchev–Trinajstić information content (AvgIpc) is 2.81. The van der Waals surface area contributed by atoms with E-state index in [9.17, 15) is 9.59 Å². The van der Waals surface area contributed by atoms with Crippen LogP contribution in [0.1, 0.15) is 17.5 Å². The molecule has 6 heteroatoms. The predicted octanol–water partition coefficient (Wildman–Crippen LogP) is 3.90. The van der Waals surface area contributed by atoms with Gasteiger partial charge in [0, 0.05) is 43.3 Å². The van der Waals surface area contributed by atoms with Crippen LogP contribution in [-0.2, 0) is 22.4 Å². The number of aromatic nitrogens is 1. The minimum Gasteiger partial charge on any atom is -0.353 e. The van der Waals surface area contributed by atoms with Crippen LogP contribution in [0, 0.1) is 0 Å². The third-order valence-corrected chi connectivity index (χ3v) is 5.84. The van der Waals surface area contributed by atoms with Crippen molar-refractivity contribution in [2.24, 2.45) is 0 Å². The van der Waals surface area contributed by atoms with E-state index in [0.717, 1.165) is 22.3 Å². The summed E-state index contributed by atoms with van der Waals surface area (Å²) in [5, 5.41) is 3.58. The fourth-order valence-corrected chi connectivity index (χ4v) is 3.99. The zero-order chi connectivity index (χ0) is 21.6. The molecular weight excluding hydrogens is 410 g/mol. The molecule has 5 nitrogen and oxygen atoms in total. The topological polar surface area (TPSA) is 62.3 Å². The summed E-state index contributed by atoms with van der Waals surface area (Å²) >= 11 is 5.93. The number of hydrogen-bond acceptors (Lipinski definition) is 3. The maximum absolute atomic E-state index is 12.9. The van der Waals surface area contributed by atoms with Gasteiger partial charge in [0.25, 0.3) is 0 Å². The molecule has 1 aliphatic rings. The van der Waals surface area contributed by atoms with E-state index in [1.807, 2.05) is 60.7 Å². The first-order chi connectivity index (χ1) is 15.1. The zero-order valence-corrected chi connectivity index (χ0v) is 17.9. The van der Waals surface area contributed by atoms with Crippen molar-refractivity contribution in [2.75, 3.05) is 13.1 Å². The monoisotopic (exact) mass is 433 g/mol. The lowest BCUT2D eigenvalue weighted by Crippen LogP contribution is -2.58. The summed E-state index contributed by atoms with van der Waals surface area (Å²) in [6, 6.07) is 19.1. The quantitative estimate of drug-likeness (QED) is 0.641. The Balaban J connectivity index is 1.43. The Morgan fingerprint density at radius 2 is 1.61 bits per heavy atom. The van der Waals surface area contributed by atoms with Crippen LogP contribution in [0.4, 0.5) is 0 Å². The molecule has 0 saturated carbocycles. The second kappa shape index (κ2) is 9.75. The maximum Gasteiger partial charge on any atom is 0.243 e. The number of rotatable bonds is 6. The molecule has 2 aromatic carbocycles. The second-order valence-electron chi connectivity index (χ2n) is 7.66. The van der Waals surface area contributed by atoms with Crippen molar-refractivity contribution in [1.82, 2.24) is 15.2 Å². The predicted molar refractivity (Wildman–Crippen MR) is 122 cm³/mol. The fraction of sp³-hybridized carbons (Fsp3) is 0.240. The maximum atomic E-state index is 12.9. The van der Waals surface area contributed by atoms with Crippen molar-refractivity contribution in [3.8, 4) is 11.1 Å². The number of hydrogen-bond donors (Lipinski definition) is 1. The van der Waals surface area contributed by atoms with Gasteiger partial charge < -0.3 is 10.2 Å².